The number of hydrogen-bond acceptors (Lipinski definition) is 3. The second-order valence-electron chi connectivity index (χ2n) is 13.7. The molecule has 0 saturated carbocycles. The first-order chi connectivity index (χ1) is 26.0. The van der Waals surface area contributed by atoms with Gasteiger partial charge in [0.2, 0.25) is 0 Å². The fourth-order valence-corrected chi connectivity index (χ4v) is 7.32. The summed E-state index contributed by atoms with van der Waals surface area (Å²) in [6.07, 6.45) is 6.15. The standard InChI is InChI=1S/C50H42N2O/c1-35(2)25-28-37(4)51(38-16-7-5-8-17-38)48-34-46(49-24-15-33-53-49)50(44-23-14-13-22-43(44)48)45-31-32-47(42-21-12-11-20-41(42)45)52(39-18-9-6-10-19-39)40-29-26-36(3)27-30-40/h5-34H,1-4H3/b37-28+. The Bertz CT molecular complexity index is 2580. The minimum Gasteiger partial charge on any atom is -0.464 e. The molecule has 0 fully saturated rings. The molecule has 0 saturated heterocycles. The van der Waals surface area contributed by atoms with Crippen LogP contribution in [0.1, 0.15) is 26.3 Å². The van der Waals surface area contributed by atoms with Gasteiger partial charge in [-0.3, -0.25) is 0 Å². The predicted octanol–water partition coefficient (Wildman–Crippen LogP) is 14.7. The molecule has 3 heteroatoms. The van der Waals surface area contributed by atoms with E-state index in [1.54, 1.807) is 6.26 Å². The molecule has 0 spiro atoms. The summed E-state index contributed by atoms with van der Waals surface area (Å²) in [7, 11) is 0. The number of fused-ring (bicyclic) bond motifs is 2. The average Bonchev–Trinajstić information content (AvgIpc) is 3.74. The van der Waals surface area contributed by atoms with Gasteiger partial charge in [0.15, 0.2) is 0 Å². The van der Waals surface area contributed by atoms with Gasteiger partial charge in [0.05, 0.1) is 17.6 Å². The van der Waals surface area contributed by atoms with Gasteiger partial charge >= 0.3 is 0 Å². The second kappa shape index (κ2) is 14.6. The third kappa shape index (κ3) is 6.54. The quantitative estimate of drug-likeness (QED) is 0.141. The van der Waals surface area contributed by atoms with E-state index in [0.29, 0.717) is 0 Å². The lowest BCUT2D eigenvalue weighted by atomic mass is 9.87. The summed E-state index contributed by atoms with van der Waals surface area (Å²) in [5, 5.41) is 4.65. The summed E-state index contributed by atoms with van der Waals surface area (Å²) >= 11 is 0. The minimum absolute atomic E-state index is 0.824. The molecule has 7 aromatic carbocycles. The van der Waals surface area contributed by atoms with E-state index >= 15 is 0 Å². The molecule has 0 aliphatic rings. The number of rotatable bonds is 9. The summed E-state index contributed by atoms with van der Waals surface area (Å²) in [6.45, 7) is 8.57. The third-order valence-electron chi connectivity index (χ3n) is 9.79. The van der Waals surface area contributed by atoms with Gasteiger partial charge in [-0.25, -0.2) is 0 Å². The van der Waals surface area contributed by atoms with Crippen LogP contribution in [0.5, 0.6) is 0 Å². The maximum atomic E-state index is 6.26. The van der Waals surface area contributed by atoms with E-state index in [1.807, 2.05) is 6.07 Å². The van der Waals surface area contributed by atoms with E-state index in [1.165, 1.54) is 21.9 Å². The zero-order valence-corrected chi connectivity index (χ0v) is 30.6. The highest BCUT2D eigenvalue weighted by Crippen LogP contribution is 2.49. The first kappa shape index (κ1) is 33.6. The SMILES string of the molecule is CC(C)=C/C=C(\C)N(c1ccccc1)c1cc(-c2ccco2)c(-c2ccc(N(c3ccccc3)c3ccc(C)cc3)c3ccccc23)c2ccccc12. The van der Waals surface area contributed by atoms with Crippen molar-refractivity contribution in [3.05, 3.63) is 199 Å². The largest absolute Gasteiger partial charge is 0.464 e. The van der Waals surface area contributed by atoms with Crippen molar-refractivity contribution in [2.75, 3.05) is 9.80 Å². The van der Waals surface area contributed by atoms with Crippen LogP contribution in [0.4, 0.5) is 28.4 Å². The number of furan rings is 1. The molecule has 1 heterocycles. The topological polar surface area (TPSA) is 19.6 Å². The Morgan fingerprint density at radius 1 is 0.491 bits per heavy atom. The van der Waals surface area contributed by atoms with Gasteiger partial charge in [-0.2, -0.15) is 0 Å². The second-order valence-corrected chi connectivity index (χ2v) is 13.7. The van der Waals surface area contributed by atoms with Crippen molar-refractivity contribution in [1.29, 1.82) is 0 Å². The van der Waals surface area contributed by atoms with E-state index in [-0.39, 0.29) is 0 Å². The molecule has 1 aromatic heterocycles. The van der Waals surface area contributed by atoms with Gasteiger partial charge in [-0.05, 0) is 111 Å². The van der Waals surface area contributed by atoms with Crippen LogP contribution in [0.3, 0.4) is 0 Å². The Morgan fingerprint density at radius 3 is 1.72 bits per heavy atom. The van der Waals surface area contributed by atoms with Crippen molar-refractivity contribution < 1.29 is 4.42 Å². The molecular formula is C50H42N2O. The normalized spacial score (nSPS) is 11.5. The molecule has 8 rings (SSSR count). The number of benzene rings is 7. The smallest absolute Gasteiger partial charge is 0.134 e. The van der Waals surface area contributed by atoms with Crippen LogP contribution in [-0.2, 0) is 0 Å². The molecule has 0 radical (unpaired) electrons. The number of para-hydroxylation sites is 2. The molecule has 258 valence electrons. The van der Waals surface area contributed by atoms with Gasteiger partial charge in [0.1, 0.15) is 5.76 Å². The first-order valence-corrected chi connectivity index (χ1v) is 18.2. The molecule has 0 N–H and O–H groups in total. The summed E-state index contributed by atoms with van der Waals surface area (Å²) in [6, 6.07) is 58.5. The molecule has 0 unspecified atom stereocenters. The summed E-state index contributed by atoms with van der Waals surface area (Å²) < 4.78 is 6.26. The lowest BCUT2D eigenvalue weighted by molar-refractivity contribution is 0.582. The Kier molecular flexibility index (Phi) is 9.23. The highest BCUT2D eigenvalue weighted by atomic mass is 16.3. The molecule has 0 aliphatic carbocycles. The predicted molar refractivity (Wildman–Crippen MR) is 226 cm³/mol. The van der Waals surface area contributed by atoms with E-state index in [2.05, 4.69) is 207 Å². The zero-order valence-electron chi connectivity index (χ0n) is 30.6. The first-order valence-electron chi connectivity index (χ1n) is 18.2. The highest BCUT2D eigenvalue weighted by molar-refractivity contribution is 6.16. The monoisotopic (exact) mass is 686 g/mol. The summed E-state index contributed by atoms with van der Waals surface area (Å²) in [5.41, 5.74) is 12.5. The maximum Gasteiger partial charge on any atom is 0.134 e. The van der Waals surface area contributed by atoms with Crippen molar-refractivity contribution in [3.63, 3.8) is 0 Å². The number of aryl methyl sites for hydroxylation is 1. The van der Waals surface area contributed by atoms with Crippen molar-refractivity contribution in [1.82, 2.24) is 0 Å². The lowest BCUT2D eigenvalue weighted by Gasteiger charge is -2.30. The van der Waals surface area contributed by atoms with E-state index in [9.17, 15) is 0 Å². The van der Waals surface area contributed by atoms with Crippen LogP contribution < -0.4 is 9.80 Å². The van der Waals surface area contributed by atoms with Crippen LogP contribution in [0, 0.1) is 6.92 Å². The van der Waals surface area contributed by atoms with E-state index in [4.69, 9.17) is 4.42 Å². The van der Waals surface area contributed by atoms with Gasteiger partial charge in [-0.15, -0.1) is 0 Å². The lowest BCUT2D eigenvalue weighted by Crippen LogP contribution is -2.15. The molecule has 0 aliphatic heterocycles. The third-order valence-corrected chi connectivity index (χ3v) is 9.79. The molecular weight excluding hydrogens is 645 g/mol. The van der Waals surface area contributed by atoms with Crippen LogP contribution in [-0.4, -0.2) is 0 Å². The van der Waals surface area contributed by atoms with Gasteiger partial charge in [-0.1, -0.05) is 120 Å². The minimum atomic E-state index is 0.824. The van der Waals surface area contributed by atoms with Crippen molar-refractivity contribution >= 4 is 50.0 Å². The Morgan fingerprint density at radius 2 is 1.08 bits per heavy atom. The molecule has 0 atom stereocenters. The van der Waals surface area contributed by atoms with Crippen LogP contribution in [0.15, 0.2) is 198 Å². The fourth-order valence-electron chi connectivity index (χ4n) is 7.32. The van der Waals surface area contributed by atoms with E-state index < -0.39 is 0 Å². The molecule has 3 nitrogen and oxygen atoms in total. The molecule has 53 heavy (non-hydrogen) atoms. The Hall–Kier alpha value is -6.58. The molecule has 0 bridgehead atoms. The van der Waals surface area contributed by atoms with Crippen LogP contribution in [0.2, 0.25) is 0 Å². The van der Waals surface area contributed by atoms with Gasteiger partial charge in [0, 0.05) is 44.7 Å². The van der Waals surface area contributed by atoms with Crippen LogP contribution >= 0.6 is 0 Å². The Balaban J connectivity index is 1.42. The molecule has 0 amide bonds. The zero-order chi connectivity index (χ0) is 36.3. The number of allylic oxidation sites excluding steroid dienone is 4. The summed E-state index contributed by atoms with van der Waals surface area (Å²) in [4.78, 5) is 4.72. The fraction of sp³-hybridized carbons (Fsp3) is 0.0800. The number of hydrogen-bond donors (Lipinski definition) is 0. The van der Waals surface area contributed by atoms with Gasteiger partial charge < -0.3 is 14.2 Å². The van der Waals surface area contributed by atoms with Crippen LogP contribution in [0.25, 0.3) is 44.0 Å². The number of nitrogens with zero attached hydrogens (tertiary/aromatic N) is 2. The van der Waals surface area contributed by atoms with E-state index in [0.717, 1.165) is 67.4 Å². The van der Waals surface area contributed by atoms with Gasteiger partial charge in [0.25, 0.3) is 0 Å². The van der Waals surface area contributed by atoms with Crippen molar-refractivity contribution in [2.24, 2.45) is 0 Å². The Labute approximate surface area is 312 Å². The average molecular weight is 687 g/mol. The maximum absolute atomic E-state index is 6.26. The summed E-state index contributed by atoms with van der Waals surface area (Å²) in [5.74, 6) is 0.824. The highest BCUT2D eigenvalue weighted by Gasteiger charge is 2.24. The van der Waals surface area contributed by atoms with Crippen molar-refractivity contribution in [3.8, 4) is 22.5 Å². The molecule has 8 aromatic rings. The van der Waals surface area contributed by atoms with Crippen molar-refractivity contribution in [2.45, 2.75) is 27.7 Å². The number of anilines is 5.